The molecule has 0 saturated carbocycles. The summed E-state index contributed by atoms with van der Waals surface area (Å²) >= 11 is 0. The topological polar surface area (TPSA) is 43.1 Å². The van der Waals surface area contributed by atoms with Crippen molar-refractivity contribution < 1.29 is 0 Å². The fourth-order valence-electron chi connectivity index (χ4n) is 7.07. The fraction of sp³-hybridized carbons (Fsp3) is 0.0426. The Bertz CT molecular complexity index is 2570. The molecule has 0 spiro atoms. The lowest BCUT2D eigenvalue weighted by Gasteiger charge is -2.12. The van der Waals surface area contributed by atoms with Crippen LogP contribution in [0.1, 0.15) is 12.5 Å². The van der Waals surface area contributed by atoms with E-state index in [-0.39, 0.29) is 0 Å². The van der Waals surface area contributed by atoms with Crippen LogP contribution in [0.2, 0.25) is 0 Å². The summed E-state index contributed by atoms with van der Waals surface area (Å²) in [5.74, 6) is 0.716. The van der Waals surface area contributed by atoms with E-state index in [0.29, 0.717) is 5.82 Å². The maximum absolute atomic E-state index is 5.26. The number of aryl methyl sites for hydroxylation is 1. The summed E-state index contributed by atoms with van der Waals surface area (Å²) in [6.07, 6.45) is 0.880. The van der Waals surface area contributed by atoms with E-state index < -0.39 is 0 Å². The molecule has 0 amide bonds. The second-order valence-electron chi connectivity index (χ2n) is 12.8. The van der Waals surface area contributed by atoms with E-state index in [2.05, 4.69) is 151 Å². The summed E-state index contributed by atoms with van der Waals surface area (Å²) in [7, 11) is 0. The lowest BCUT2D eigenvalue weighted by Crippen LogP contribution is -1.96. The second kappa shape index (κ2) is 13.0. The molecule has 0 unspecified atom stereocenters. The van der Waals surface area contributed by atoms with Crippen LogP contribution in [0.4, 0.5) is 0 Å². The average Bonchev–Trinajstić information content (AvgIpc) is 3.62. The van der Waals surface area contributed by atoms with Crippen LogP contribution in [0.25, 0.3) is 83.8 Å². The molecular formula is C47H34N4. The quantitative estimate of drug-likeness (QED) is 0.172. The minimum atomic E-state index is 0.716. The van der Waals surface area contributed by atoms with Crippen molar-refractivity contribution in [2.45, 2.75) is 13.3 Å². The molecular weight excluding hydrogens is 621 g/mol. The number of pyridine rings is 1. The SMILES string of the molecule is CCc1c(-c2ccccc2)nn2c(-c3ccccc3)cc3cc(-c4ccc(-c5cc(-c6ccccc6)nc(-c6ccccc6)n5)cc4)ccc3c12. The Kier molecular flexibility index (Phi) is 7.75. The van der Waals surface area contributed by atoms with Gasteiger partial charge in [0.1, 0.15) is 0 Å². The van der Waals surface area contributed by atoms with Crippen LogP contribution >= 0.6 is 0 Å². The van der Waals surface area contributed by atoms with Crippen LogP contribution in [-0.2, 0) is 6.42 Å². The molecule has 0 aliphatic carbocycles. The Balaban J connectivity index is 1.16. The number of nitrogens with zero attached hydrogens (tertiary/aromatic N) is 4. The number of aromatic nitrogens is 4. The summed E-state index contributed by atoms with van der Waals surface area (Å²) in [4.78, 5) is 9.99. The molecule has 3 heterocycles. The van der Waals surface area contributed by atoms with Crippen molar-refractivity contribution >= 4 is 16.3 Å². The first-order chi connectivity index (χ1) is 25.2. The standard InChI is InChI=1S/C47H34N4/c1-2-40-45(36-19-11-5-12-20-36)50-51-44(35-17-9-4-10-18-35)30-39-29-38(27-28-41(39)46(40)51)32-23-25-34(26-24-32)43-31-42(33-15-7-3-8-16-33)48-47(49-43)37-21-13-6-14-22-37/h3-31H,2H2,1H3. The molecule has 0 aliphatic rings. The molecule has 9 rings (SSSR count). The molecule has 0 atom stereocenters. The summed E-state index contributed by atoms with van der Waals surface area (Å²) in [5, 5.41) is 7.64. The number of hydrogen-bond donors (Lipinski definition) is 0. The highest BCUT2D eigenvalue weighted by molar-refractivity contribution is 6.03. The molecule has 0 bridgehead atoms. The van der Waals surface area contributed by atoms with Gasteiger partial charge in [0.05, 0.1) is 28.3 Å². The zero-order valence-electron chi connectivity index (χ0n) is 28.2. The highest BCUT2D eigenvalue weighted by Crippen LogP contribution is 2.37. The normalized spacial score (nSPS) is 11.3. The Morgan fingerprint density at radius 3 is 1.57 bits per heavy atom. The zero-order valence-corrected chi connectivity index (χ0v) is 28.2. The van der Waals surface area contributed by atoms with E-state index in [1.54, 1.807) is 0 Å². The predicted octanol–water partition coefficient (Wildman–Crippen LogP) is 11.8. The summed E-state index contributed by atoms with van der Waals surface area (Å²) in [5.41, 5.74) is 14.0. The summed E-state index contributed by atoms with van der Waals surface area (Å²) in [6.45, 7) is 2.23. The highest BCUT2D eigenvalue weighted by atomic mass is 15.2. The average molecular weight is 655 g/mol. The van der Waals surface area contributed by atoms with E-state index in [9.17, 15) is 0 Å². The van der Waals surface area contributed by atoms with Gasteiger partial charge in [0.15, 0.2) is 5.82 Å². The Morgan fingerprint density at radius 1 is 0.451 bits per heavy atom. The van der Waals surface area contributed by atoms with Crippen LogP contribution in [-0.4, -0.2) is 19.6 Å². The van der Waals surface area contributed by atoms with Gasteiger partial charge in [0, 0.05) is 38.8 Å². The molecule has 0 saturated heterocycles. The molecule has 9 aromatic rings. The number of benzene rings is 6. The van der Waals surface area contributed by atoms with Crippen LogP contribution in [0, 0.1) is 0 Å². The van der Waals surface area contributed by atoms with Crippen LogP contribution in [0.3, 0.4) is 0 Å². The number of fused-ring (bicyclic) bond motifs is 3. The maximum atomic E-state index is 5.26. The first-order valence-corrected chi connectivity index (χ1v) is 17.4. The lowest BCUT2D eigenvalue weighted by molar-refractivity contribution is 0.979. The fourth-order valence-corrected chi connectivity index (χ4v) is 7.07. The second-order valence-corrected chi connectivity index (χ2v) is 12.8. The Labute approximate surface area is 297 Å². The first kappa shape index (κ1) is 30.4. The molecule has 0 N–H and O–H groups in total. The third kappa shape index (κ3) is 5.67. The molecule has 3 aromatic heterocycles. The van der Waals surface area contributed by atoms with Crippen molar-refractivity contribution in [3.63, 3.8) is 0 Å². The monoisotopic (exact) mass is 654 g/mol. The molecule has 4 heteroatoms. The Morgan fingerprint density at radius 2 is 0.961 bits per heavy atom. The van der Waals surface area contributed by atoms with Crippen molar-refractivity contribution in [3.8, 4) is 67.5 Å². The number of rotatable bonds is 7. The maximum Gasteiger partial charge on any atom is 0.160 e. The lowest BCUT2D eigenvalue weighted by atomic mass is 9.96. The van der Waals surface area contributed by atoms with E-state index in [0.717, 1.165) is 68.1 Å². The first-order valence-electron chi connectivity index (χ1n) is 17.4. The summed E-state index contributed by atoms with van der Waals surface area (Å²) < 4.78 is 2.16. The molecule has 0 aliphatic heterocycles. The number of hydrogen-bond acceptors (Lipinski definition) is 3. The van der Waals surface area contributed by atoms with Gasteiger partial charge in [0.25, 0.3) is 0 Å². The van der Waals surface area contributed by atoms with Crippen molar-refractivity contribution in [1.29, 1.82) is 0 Å². The van der Waals surface area contributed by atoms with Crippen LogP contribution < -0.4 is 0 Å². The molecule has 0 radical (unpaired) electrons. The van der Waals surface area contributed by atoms with Crippen LogP contribution in [0.15, 0.2) is 176 Å². The van der Waals surface area contributed by atoms with Gasteiger partial charge in [-0.2, -0.15) is 5.10 Å². The van der Waals surface area contributed by atoms with Gasteiger partial charge in [-0.05, 0) is 41.1 Å². The van der Waals surface area contributed by atoms with Gasteiger partial charge in [-0.3, -0.25) is 0 Å². The minimum absolute atomic E-state index is 0.716. The van der Waals surface area contributed by atoms with Gasteiger partial charge < -0.3 is 0 Å². The van der Waals surface area contributed by atoms with Crippen molar-refractivity contribution in [2.75, 3.05) is 0 Å². The van der Waals surface area contributed by atoms with Gasteiger partial charge in [-0.1, -0.05) is 165 Å². The van der Waals surface area contributed by atoms with Gasteiger partial charge in [-0.25, -0.2) is 14.5 Å². The van der Waals surface area contributed by atoms with Gasteiger partial charge >= 0.3 is 0 Å². The van der Waals surface area contributed by atoms with E-state index in [4.69, 9.17) is 15.1 Å². The minimum Gasteiger partial charge on any atom is -0.232 e. The van der Waals surface area contributed by atoms with Crippen LogP contribution in [0.5, 0.6) is 0 Å². The smallest absolute Gasteiger partial charge is 0.160 e. The van der Waals surface area contributed by atoms with Gasteiger partial charge in [0.2, 0.25) is 0 Å². The Hall–Kier alpha value is -6.65. The largest absolute Gasteiger partial charge is 0.232 e. The molecule has 4 nitrogen and oxygen atoms in total. The van der Waals surface area contributed by atoms with Crippen molar-refractivity contribution in [1.82, 2.24) is 19.6 Å². The molecule has 6 aromatic carbocycles. The van der Waals surface area contributed by atoms with E-state index in [1.165, 1.54) is 21.9 Å². The highest BCUT2D eigenvalue weighted by Gasteiger charge is 2.19. The van der Waals surface area contributed by atoms with E-state index in [1.807, 2.05) is 36.4 Å². The third-order valence-electron chi connectivity index (χ3n) is 9.62. The molecule has 51 heavy (non-hydrogen) atoms. The van der Waals surface area contributed by atoms with Crippen molar-refractivity contribution in [3.05, 3.63) is 181 Å². The third-order valence-corrected chi connectivity index (χ3v) is 9.62. The zero-order chi connectivity index (χ0) is 34.1. The van der Waals surface area contributed by atoms with Crippen molar-refractivity contribution in [2.24, 2.45) is 0 Å². The van der Waals surface area contributed by atoms with E-state index >= 15 is 0 Å². The summed E-state index contributed by atoms with van der Waals surface area (Å²) in [6, 6.07) is 61.5. The predicted molar refractivity (Wildman–Crippen MR) is 210 cm³/mol. The van der Waals surface area contributed by atoms with Gasteiger partial charge in [-0.15, -0.1) is 0 Å². The molecule has 0 fully saturated rings. The molecule has 242 valence electrons.